The summed E-state index contributed by atoms with van der Waals surface area (Å²) in [6.45, 7) is 11.4. The van der Waals surface area contributed by atoms with Gasteiger partial charge in [-0.3, -0.25) is 13.9 Å². The van der Waals surface area contributed by atoms with Gasteiger partial charge in [0.05, 0.1) is 0 Å². The van der Waals surface area contributed by atoms with Crippen LogP contribution >= 0.6 is 12.4 Å². The Morgan fingerprint density at radius 3 is 2.04 bits per heavy atom. The van der Waals surface area contributed by atoms with Gasteiger partial charge < -0.3 is 9.88 Å². The molecule has 0 aromatic carbocycles. The molecule has 2 rings (SSSR count). The normalized spacial score (nSPS) is 10.4. The fourth-order valence-corrected chi connectivity index (χ4v) is 2.62. The van der Waals surface area contributed by atoms with Crippen molar-refractivity contribution in [2.24, 2.45) is 14.1 Å². The molecule has 26 heavy (non-hydrogen) atoms. The van der Waals surface area contributed by atoms with Crippen LogP contribution in [0.2, 0.25) is 0 Å². The first-order valence-electron chi connectivity index (χ1n) is 9.24. The summed E-state index contributed by atoms with van der Waals surface area (Å²) in [5.41, 5.74) is 0.375. The second-order valence-corrected chi connectivity index (χ2v) is 6.29. The van der Waals surface area contributed by atoms with Crippen LogP contribution in [0, 0.1) is 6.92 Å². The molecule has 0 amide bonds. The Bertz CT molecular complexity index is 787. The zero-order valence-corrected chi connectivity index (χ0v) is 17.8. The van der Waals surface area contributed by atoms with Gasteiger partial charge in [-0.2, -0.15) is 0 Å². The Hall–Kier alpha value is -1.60. The predicted octanol–water partition coefficient (Wildman–Crippen LogP) is 2.36. The lowest BCUT2D eigenvalue weighted by molar-refractivity contribution is 0.625. The highest BCUT2D eigenvalue weighted by Crippen LogP contribution is 2.11. The van der Waals surface area contributed by atoms with E-state index in [9.17, 15) is 9.59 Å². The number of halogens is 1. The molecule has 0 saturated carbocycles. The molecule has 0 aliphatic carbocycles. The van der Waals surface area contributed by atoms with Crippen molar-refractivity contribution in [3.63, 3.8) is 0 Å². The van der Waals surface area contributed by atoms with E-state index in [2.05, 4.69) is 31.1 Å². The van der Waals surface area contributed by atoms with Crippen LogP contribution in [0.3, 0.4) is 0 Å². The Kier molecular flexibility index (Phi) is 11.2. The lowest BCUT2D eigenvalue weighted by Gasteiger charge is -2.06. The number of rotatable bonds is 7. The molecule has 1 N–H and O–H groups in total. The molecular formula is C18H34ClN5O2. The summed E-state index contributed by atoms with van der Waals surface area (Å²) < 4.78 is 4.46. The average Bonchev–Trinajstić information content (AvgIpc) is 2.94. The van der Waals surface area contributed by atoms with Gasteiger partial charge in [0.25, 0.3) is 5.56 Å². The second kappa shape index (κ2) is 11.9. The number of unbranched alkanes of at least 4 members (excludes halogenated alkanes) is 1. The first-order valence-corrected chi connectivity index (χ1v) is 9.24. The van der Waals surface area contributed by atoms with Crippen LogP contribution in [-0.2, 0) is 20.6 Å². The molecule has 0 unspecified atom stereocenters. The number of imidazole rings is 1. The largest absolute Gasteiger partial charge is 0.332 e. The van der Waals surface area contributed by atoms with Gasteiger partial charge in [0.1, 0.15) is 5.82 Å². The van der Waals surface area contributed by atoms with Crippen LogP contribution in [0.25, 0.3) is 11.2 Å². The minimum atomic E-state index is -0.340. The van der Waals surface area contributed by atoms with Gasteiger partial charge in [-0.1, -0.05) is 27.2 Å². The van der Waals surface area contributed by atoms with Crippen LogP contribution in [0.5, 0.6) is 0 Å². The van der Waals surface area contributed by atoms with E-state index in [0.717, 1.165) is 29.8 Å². The fraction of sp³-hybridized carbons (Fsp3) is 0.722. The molecule has 0 aliphatic rings. The molecule has 7 nitrogen and oxygen atoms in total. The highest BCUT2D eigenvalue weighted by molar-refractivity contribution is 5.85. The number of aromatic nitrogens is 4. The van der Waals surface area contributed by atoms with E-state index in [0.29, 0.717) is 11.2 Å². The molecule has 2 heterocycles. The summed E-state index contributed by atoms with van der Waals surface area (Å²) in [6, 6.07) is 0. The molecule has 0 bridgehead atoms. The molecule has 0 fully saturated rings. The average molecular weight is 388 g/mol. The van der Waals surface area contributed by atoms with Crippen molar-refractivity contribution < 1.29 is 0 Å². The maximum Gasteiger partial charge on any atom is 0.332 e. The first-order chi connectivity index (χ1) is 11.9. The number of hydrogen-bond donors (Lipinski definition) is 1. The predicted molar refractivity (Wildman–Crippen MR) is 111 cm³/mol. The quantitative estimate of drug-likeness (QED) is 0.740. The minimum absolute atomic E-state index is 0. The zero-order valence-electron chi connectivity index (χ0n) is 17.0. The molecule has 0 radical (unpaired) electrons. The van der Waals surface area contributed by atoms with Crippen molar-refractivity contribution in [1.29, 1.82) is 0 Å². The number of aryl methyl sites for hydroxylation is 3. The summed E-state index contributed by atoms with van der Waals surface area (Å²) >= 11 is 0. The molecule has 0 atom stereocenters. The monoisotopic (exact) mass is 387 g/mol. The molecule has 0 spiro atoms. The van der Waals surface area contributed by atoms with Gasteiger partial charge in [0.2, 0.25) is 0 Å². The van der Waals surface area contributed by atoms with Crippen molar-refractivity contribution in [3.8, 4) is 0 Å². The van der Waals surface area contributed by atoms with E-state index in [1.807, 2.05) is 11.5 Å². The van der Waals surface area contributed by atoms with Gasteiger partial charge in [0, 0.05) is 20.6 Å². The van der Waals surface area contributed by atoms with Crippen molar-refractivity contribution in [1.82, 2.24) is 24.0 Å². The Morgan fingerprint density at radius 2 is 1.54 bits per heavy atom. The van der Waals surface area contributed by atoms with Crippen LogP contribution < -0.4 is 16.6 Å². The van der Waals surface area contributed by atoms with Gasteiger partial charge in [-0.15, -0.1) is 12.4 Å². The van der Waals surface area contributed by atoms with Gasteiger partial charge >= 0.3 is 5.69 Å². The fourth-order valence-electron chi connectivity index (χ4n) is 2.62. The molecule has 150 valence electrons. The Labute approximate surface area is 161 Å². The van der Waals surface area contributed by atoms with E-state index in [-0.39, 0.29) is 23.7 Å². The molecule has 8 heteroatoms. The third-order valence-electron chi connectivity index (χ3n) is 4.13. The lowest BCUT2D eigenvalue weighted by Crippen LogP contribution is -2.37. The second-order valence-electron chi connectivity index (χ2n) is 6.29. The first kappa shape index (κ1) is 24.4. The van der Waals surface area contributed by atoms with E-state index in [1.165, 1.54) is 37.5 Å². The maximum absolute atomic E-state index is 12.2. The van der Waals surface area contributed by atoms with Gasteiger partial charge in [-0.05, 0) is 39.3 Å². The topological polar surface area (TPSA) is 73.8 Å². The SMILES string of the molecule is CCCCn1c(C)nc2c1c(=O)n(C)c(=O)n2C.CCCNCCC.Cl. The van der Waals surface area contributed by atoms with Crippen LogP contribution in [0.4, 0.5) is 0 Å². The van der Waals surface area contributed by atoms with E-state index < -0.39 is 0 Å². The Morgan fingerprint density at radius 1 is 0.962 bits per heavy atom. The summed E-state index contributed by atoms with van der Waals surface area (Å²) in [6.07, 6.45) is 4.53. The molecule has 2 aromatic heterocycles. The number of hydrogen-bond acceptors (Lipinski definition) is 4. The summed E-state index contributed by atoms with van der Waals surface area (Å²) in [5, 5.41) is 3.28. The van der Waals surface area contributed by atoms with E-state index >= 15 is 0 Å². The zero-order chi connectivity index (χ0) is 19.0. The smallest absolute Gasteiger partial charge is 0.322 e. The lowest BCUT2D eigenvalue weighted by atomic mass is 10.3. The standard InChI is InChI=1S/C12H18N4O2.C6H15N.ClH/c1-5-6-7-16-8(2)13-10-9(16)11(17)15(4)12(18)14(10)3;1-3-5-7-6-4-2;/h5-7H2,1-4H3;7H,3-6H2,1-2H3;1H. The number of nitrogens with one attached hydrogen (secondary N) is 1. The third kappa shape index (κ3) is 5.71. The molecule has 0 aliphatic heterocycles. The Balaban J connectivity index is 0.000000673. The number of nitrogens with zero attached hydrogens (tertiary/aromatic N) is 4. The highest BCUT2D eigenvalue weighted by atomic mass is 35.5. The van der Waals surface area contributed by atoms with Crippen LogP contribution in [0.1, 0.15) is 52.3 Å². The van der Waals surface area contributed by atoms with Crippen molar-refractivity contribution in [2.75, 3.05) is 13.1 Å². The van der Waals surface area contributed by atoms with Crippen molar-refractivity contribution in [2.45, 2.75) is 59.9 Å². The van der Waals surface area contributed by atoms with E-state index in [1.54, 1.807) is 7.05 Å². The highest BCUT2D eigenvalue weighted by Gasteiger charge is 2.16. The minimum Gasteiger partial charge on any atom is -0.322 e. The number of fused-ring (bicyclic) bond motifs is 1. The van der Waals surface area contributed by atoms with Crippen molar-refractivity contribution in [3.05, 3.63) is 26.7 Å². The molecular weight excluding hydrogens is 354 g/mol. The van der Waals surface area contributed by atoms with Crippen LogP contribution in [0.15, 0.2) is 9.59 Å². The van der Waals surface area contributed by atoms with E-state index in [4.69, 9.17) is 0 Å². The summed E-state index contributed by atoms with van der Waals surface area (Å²) in [4.78, 5) is 28.3. The molecule has 0 saturated heterocycles. The maximum atomic E-state index is 12.2. The third-order valence-corrected chi connectivity index (χ3v) is 4.13. The van der Waals surface area contributed by atoms with Gasteiger partial charge in [0.15, 0.2) is 11.2 Å². The van der Waals surface area contributed by atoms with Crippen LogP contribution in [-0.4, -0.2) is 31.8 Å². The summed E-state index contributed by atoms with van der Waals surface area (Å²) in [5.74, 6) is 0.775. The van der Waals surface area contributed by atoms with Gasteiger partial charge in [-0.25, -0.2) is 9.78 Å². The van der Waals surface area contributed by atoms with Crippen molar-refractivity contribution >= 4 is 23.6 Å². The molecule has 2 aromatic rings. The summed E-state index contributed by atoms with van der Waals surface area (Å²) in [7, 11) is 3.14.